The Morgan fingerprint density at radius 1 is 1.42 bits per heavy atom. The molecule has 1 N–H and O–H groups in total. The first kappa shape index (κ1) is 7.83. The van der Waals surface area contributed by atoms with Crippen molar-refractivity contribution in [2.45, 2.75) is 0 Å². The van der Waals surface area contributed by atoms with Crippen LogP contribution in [-0.2, 0) is 0 Å². The highest BCUT2D eigenvalue weighted by molar-refractivity contribution is 7.18. The fourth-order valence-electron chi connectivity index (χ4n) is 1.06. The Morgan fingerprint density at radius 3 is 2.83 bits per heavy atom. The van der Waals surface area contributed by atoms with E-state index in [1.54, 1.807) is 0 Å². The molecule has 1 aromatic heterocycles. The van der Waals surface area contributed by atoms with E-state index >= 15 is 0 Å². The third-order valence-corrected chi connectivity index (χ3v) is 3.03. The third-order valence-electron chi connectivity index (χ3n) is 1.60. The first-order valence-electron chi connectivity index (χ1n) is 3.24. The summed E-state index contributed by atoms with van der Waals surface area (Å²) in [6.45, 7) is 0. The standard InChI is InChI=1S/C8H4ClFOS/c9-4-1-2-5(10)7-6(11)3-12-8(4)7/h1-3,11H. The van der Waals surface area contributed by atoms with Crippen LogP contribution in [0.4, 0.5) is 4.39 Å². The minimum Gasteiger partial charge on any atom is -0.506 e. The smallest absolute Gasteiger partial charge is 0.137 e. The molecule has 62 valence electrons. The number of benzene rings is 1. The van der Waals surface area contributed by atoms with Crippen molar-refractivity contribution >= 4 is 33.0 Å². The second-order valence-electron chi connectivity index (χ2n) is 2.35. The maximum Gasteiger partial charge on any atom is 0.137 e. The summed E-state index contributed by atoms with van der Waals surface area (Å²) in [4.78, 5) is 0. The van der Waals surface area contributed by atoms with Crippen LogP contribution < -0.4 is 0 Å². The molecule has 1 nitrogen and oxygen atoms in total. The summed E-state index contributed by atoms with van der Waals surface area (Å²) in [5, 5.41) is 11.4. The number of aromatic hydroxyl groups is 1. The number of thiophene rings is 1. The van der Waals surface area contributed by atoms with Crippen molar-refractivity contribution in [3.8, 4) is 5.75 Å². The summed E-state index contributed by atoms with van der Waals surface area (Å²) in [6.07, 6.45) is 0. The molecular formula is C8H4ClFOS. The Balaban J connectivity index is 2.98. The highest BCUT2D eigenvalue weighted by Crippen LogP contribution is 2.37. The van der Waals surface area contributed by atoms with E-state index in [4.69, 9.17) is 11.6 Å². The van der Waals surface area contributed by atoms with Crippen LogP contribution in [0.1, 0.15) is 0 Å². The van der Waals surface area contributed by atoms with Gasteiger partial charge in [0.1, 0.15) is 11.6 Å². The van der Waals surface area contributed by atoms with E-state index in [2.05, 4.69) is 0 Å². The van der Waals surface area contributed by atoms with E-state index in [1.165, 1.54) is 28.8 Å². The predicted molar refractivity (Wildman–Crippen MR) is 48.5 cm³/mol. The van der Waals surface area contributed by atoms with Crippen LogP contribution in [0.2, 0.25) is 5.02 Å². The van der Waals surface area contributed by atoms with Crippen molar-refractivity contribution in [2.75, 3.05) is 0 Å². The fraction of sp³-hybridized carbons (Fsp3) is 0. The van der Waals surface area contributed by atoms with Gasteiger partial charge in [0.15, 0.2) is 0 Å². The van der Waals surface area contributed by atoms with E-state index in [0.29, 0.717) is 9.72 Å². The lowest BCUT2D eigenvalue weighted by Crippen LogP contribution is -1.74. The molecule has 4 heteroatoms. The van der Waals surface area contributed by atoms with Crippen LogP contribution in [0.15, 0.2) is 17.5 Å². The molecule has 0 radical (unpaired) electrons. The summed E-state index contributed by atoms with van der Waals surface area (Å²) in [6, 6.07) is 2.73. The fourth-order valence-corrected chi connectivity index (χ4v) is 2.20. The van der Waals surface area contributed by atoms with Gasteiger partial charge in [-0.05, 0) is 12.1 Å². The summed E-state index contributed by atoms with van der Waals surface area (Å²) in [5.41, 5.74) is 0. The minimum atomic E-state index is -0.437. The number of rotatable bonds is 0. The molecule has 2 aromatic rings. The van der Waals surface area contributed by atoms with E-state index in [-0.39, 0.29) is 11.1 Å². The zero-order chi connectivity index (χ0) is 8.72. The number of fused-ring (bicyclic) bond motifs is 1. The molecule has 0 aliphatic heterocycles. The normalized spacial score (nSPS) is 10.8. The number of hydrogen-bond donors (Lipinski definition) is 1. The molecule has 0 bridgehead atoms. The van der Waals surface area contributed by atoms with Gasteiger partial charge < -0.3 is 5.11 Å². The monoisotopic (exact) mass is 202 g/mol. The molecule has 0 atom stereocenters. The quantitative estimate of drug-likeness (QED) is 0.694. The van der Waals surface area contributed by atoms with Gasteiger partial charge in [-0.15, -0.1) is 11.3 Å². The zero-order valence-electron chi connectivity index (χ0n) is 5.84. The van der Waals surface area contributed by atoms with Crippen molar-refractivity contribution in [1.82, 2.24) is 0 Å². The first-order valence-corrected chi connectivity index (χ1v) is 4.50. The van der Waals surface area contributed by atoms with Crippen molar-refractivity contribution in [3.63, 3.8) is 0 Å². The summed E-state index contributed by atoms with van der Waals surface area (Å²) >= 11 is 7.01. The molecule has 0 amide bonds. The van der Waals surface area contributed by atoms with Crippen molar-refractivity contribution in [1.29, 1.82) is 0 Å². The van der Waals surface area contributed by atoms with Gasteiger partial charge in [-0.25, -0.2) is 4.39 Å². The second kappa shape index (κ2) is 2.61. The topological polar surface area (TPSA) is 20.2 Å². The molecule has 0 spiro atoms. The minimum absolute atomic E-state index is 0.0463. The molecule has 12 heavy (non-hydrogen) atoms. The molecule has 2 rings (SSSR count). The summed E-state index contributed by atoms with van der Waals surface area (Å²) in [7, 11) is 0. The molecule has 0 fully saturated rings. The van der Waals surface area contributed by atoms with Crippen LogP contribution in [0.25, 0.3) is 10.1 Å². The Bertz CT molecular complexity index is 438. The molecule has 0 unspecified atom stereocenters. The molecular weight excluding hydrogens is 199 g/mol. The van der Waals surface area contributed by atoms with Crippen LogP contribution in [0.5, 0.6) is 5.75 Å². The van der Waals surface area contributed by atoms with Crippen LogP contribution in [0.3, 0.4) is 0 Å². The van der Waals surface area contributed by atoms with Crippen molar-refractivity contribution in [3.05, 3.63) is 28.4 Å². The van der Waals surface area contributed by atoms with E-state index in [1.807, 2.05) is 0 Å². The average molecular weight is 203 g/mol. The van der Waals surface area contributed by atoms with Gasteiger partial charge in [0.2, 0.25) is 0 Å². The van der Waals surface area contributed by atoms with Gasteiger partial charge in [-0.3, -0.25) is 0 Å². The highest BCUT2D eigenvalue weighted by Gasteiger charge is 2.10. The largest absolute Gasteiger partial charge is 0.506 e. The van der Waals surface area contributed by atoms with Crippen LogP contribution >= 0.6 is 22.9 Å². The summed E-state index contributed by atoms with van der Waals surface area (Å²) in [5.74, 6) is -0.483. The average Bonchev–Trinajstić information content (AvgIpc) is 2.42. The van der Waals surface area contributed by atoms with Gasteiger partial charge >= 0.3 is 0 Å². The Hall–Kier alpha value is -0.800. The zero-order valence-corrected chi connectivity index (χ0v) is 7.42. The molecule has 0 aliphatic carbocycles. The lowest BCUT2D eigenvalue weighted by Gasteiger charge is -1.94. The van der Waals surface area contributed by atoms with Crippen LogP contribution in [-0.4, -0.2) is 5.11 Å². The predicted octanol–water partition coefficient (Wildman–Crippen LogP) is 3.40. The van der Waals surface area contributed by atoms with Gasteiger partial charge in [0, 0.05) is 5.38 Å². The van der Waals surface area contributed by atoms with Gasteiger partial charge in [-0.1, -0.05) is 11.6 Å². The van der Waals surface area contributed by atoms with E-state index in [9.17, 15) is 9.50 Å². The van der Waals surface area contributed by atoms with Crippen molar-refractivity contribution in [2.24, 2.45) is 0 Å². The number of halogens is 2. The third kappa shape index (κ3) is 0.974. The maximum absolute atomic E-state index is 13.0. The first-order chi connectivity index (χ1) is 5.70. The Morgan fingerprint density at radius 2 is 2.17 bits per heavy atom. The Labute approximate surface area is 77.0 Å². The van der Waals surface area contributed by atoms with Crippen LogP contribution in [0, 0.1) is 5.82 Å². The van der Waals surface area contributed by atoms with Gasteiger partial charge in [0.05, 0.1) is 15.1 Å². The molecule has 0 saturated carbocycles. The lowest BCUT2D eigenvalue weighted by atomic mass is 10.2. The molecule has 0 aliphatic rings. The van der Waals surface area contributed by atoms with E-state index in [0.717, 1.165) is 0 Å². The Kier molecular flexibility index (Phi) is 1.70. The van der Waals surface area contributed by atoms with Crippen molar-refractivity contribution < 1.29 is 9.50 Å². The van der Waals surface area contributed by atoms with Gasteiger partial charge in [0.25, 0.3) is 0 Å². The molecule has 1 aromatic carbocycles. The molecule has 0 saturated heterocycles. The number of hydrogen-bond acceptors (Lipinski definition) is 2. The highest BCUT2D eigenvalue weighted by atomic mass is 35.5. The SMILES string of the molecule is Oc1csc2c(Cl)ccc(F)c12. The maximum atomic E-state index is 13.0. The van der Waals surface area contributed by atoms with Gasteiger partial charge in [-0.2, -0.15) is 0 Å². The summed E-state index contributed by atoms with van der Waals surface area (Å²) < 4.78 is 13.6. The second-order valence-corrected chi connectivity index (χ2v) is 3.64. The lowest BCUT2D eigenvalue weighted by molar-refractivity contribution is 0.481. The molecule has 1 heterocycles. The van der Waals surface area contributed by atoms with E-state index < -0.39 is 5.82 Å².